The number of ether oxygens (including phenoxy) is 1. The molecule has 2 aromatic carbocycles. The van der Waals surface area contributed by atoms with Gasteiger partial charge in [0.05, 0.1) is 30.4 Å². The molecular weight excluding hydrogens is 356 g/mol. The molecule has 0 aliphatic rings. The Morgan fingerprint density at radius 1 is 1.07 bits per heavy atom. The highest BCUT2D eigenvalue weighted by atomic mass is 16.5. The summed E-state index contributed by atoms with van der Waals surface area (Å²) in [6, 6.07) is 16.8. The predicted octanol–water partition coefficient (Wildman–Crippen LogP) is 2.07. The van der Waals surface area contributed by atoms with Crippen molar-refractivity contribution in [2.24, 2.45) is 0 Å². The molecule has 0 atom stereocenters. The number of carbonyl (C=O) groups is 1. The molecule has 0 fully saturated rings. The Morgan fingerprint density at radius 2 is 1.89 bits per heavy atom. The van der Waals surface area contributed by atoms with Crippen LogP contribution in [0.15, 0.2) is 65.6 Å². The average Bonchev–Trinajstić information content (AvgIpc) is 3.22. The van der Waals surface area contributed by atoms with Gasteiger partial charge in [0.2, 0.25) is 0 Å². The van der Waals surface area contributed by atoms with E-state index in [0.29, 0.717) is 36.3 Å². The van der Waals surface area contributed by atoms with E-state index in [1.165, 1.54) is 0 Å². The first-order valence-electron chi connectivity index (χ1n) is 9.00. The molecule has 0 aliphatic carbocycles. The highest BCUT2D eigenvalue weighted by molar-refractivity contribution is 5.97. The maximum absolute atomic E-state index is 13.1. The highest BCUT2D eigenvalue weighted by Crippen LogP contribution is 2.18. The summed E-state index contributed by atoms with van der Waals surface area (Å²) in [4.78, 5) is 25.5. The Balaban J connectivity index is 1.86. The molecule has 0 saturated heterocycles. The molecule has 2 heterocycles. The minimum Gasteiger partial charge on any atom is -0.383 e. The lowest BCUT2D eigenvalue weighted by Crippen LogP contribution is -2.27. The number of rotatable bonds is 6. The van der Waals surface area contributed by atoms with E-state index in [9.17, 15) is 9.59 Å². The second-order valence-corrected chi connectivity index (χ2v) is 6.46. The van der Waals surface area contributed by atoms with Crippen molar-refractivity contribution in [1.82, 2.24) is 19.5 Å². The number of nitrogens with one attached hydrogen (secondary N) is 1. The van der Waals surface area contributed by atoms with Gasteiger partial charge in [-0.2, -0.15) is 5.10 Å². The van der Waals surface area contributed by atoms with Crippen LogP contribution in [0.2, 0.25) is 0 Å². The monoisotopic (exact) mass is 376 g/mol. The normalized spacial score (nSPS) is 11.2. The molecule has 0 saturated carbocycles. The first-order chi connectivity index (χ1) is 13.7. The molecule has 7 heteroatoms. The lowest BCUT2D eigenvalue weighted by atomic mass is 10.1. The van der Waals surface area contributed by atoms with E-state index in [1.54, 1.807) is 40.6 Å². The lowest BCUT2D eigenvalue weighted by molar-refractivity contribution is 0.0937. The van der Waals surface area contributed by atoms with Gasteiger partial charge in [0.25, 0.3) is 11.5 Å². The van der Waals surface area contributed by atoms with Crippen molar-refractivity contribution < 1.29 is 9.53 Å². The highest BCUT2D eigenvalue weighted by Gasteiger charge is 2.14. The third kappa shape index (κ3) is 3.27. The molecule has 7 nitrogen and oxygen atoms in total. The molecule has 0 bridgehead atoms. The molecule has 1 N–H and O–H groups in total. The van der Waals surface area contributed by atoms with E-state index in [-0.39, 0.29) is 11.5 Å². The van der Waals surface area contributed by atoms with Crippen LogP contribution >= 0.6 is 0 Å². The predicted molar refractivity (Wildman–Crippen MR) is 107 cm³/mol. The Morgan fingerprint density at radius 3 is 2.68 bits per heavy atom. The van der Waals surface area contributed by atoms with E-state index in [4.69, 9.17) is 4.74 Å². The molecule has 4 aromatic rings. The van der Waals surface area contributed by atoms with Gasteiger partial charge in [-0.3, -0.25) is 9.59 Å². The van der Waals surface area contributed by atoms with Gasteiger partial charge in [0, 0.05) is 19.2 Å². The van der Waals surface area contributed by atoms with E-state index >= 15 is 0 Å². The second-order valence-electron chi connectivity index (χ2n) is 6.46. The summed E-state index contributed by atoms with van der Waals surface area (Å²) in [5.74, 6) is -0.210. The van der Waals surface area contributed by atoms with Crippen molar-refractivity contribution >= 4 is 22.5 Å². The largest absolute Gasteiger partial charge is 0.383 e. The first kappa shape index (κ1) is 17.9. The topological polar surface area (TPSA) is 77.6 Å². The summed E-state index contributed by atoms with van der Waals surface area (Å²) in [5.41, 5.74) is 3.26. The molecule has 0 unspecified atom stereocenters. The molecule has 0 aliphatic heterocycles. The second kappa shape index (κ2) is 7.66. The van der Waals surface area contributed by atoms with Gasteiger partial charge in [-0.1, -0.05) is 30.3 Å². The van der Waals surface area contributed by atoms with Crippen LogP contribution in [-0.2, 0) is 11.3 Å². The Labute approximate surface area is 161 Å². The van der Waals surface area contributed by atoms with E-state index in [2.05, 4.69) is 10.4 Å². The third-order valence-electron chi connectivity index (χ3n) is 4.64. The van der Waals surface area contributed by atoms with Crippen molar-refractivity contribution in [1.29, 1.82) is 0 Å². The van der Waals surface area contributed by atoms with E-state index in [1.807, 2.05) is 36.4 Å². The van der Waals surface area contributed by atoms with E-state index in [0.717, 1.165) is 11.1 Å². The smallest absolute Gasteiger partial charge is 0.277 e. The summed E-state index contributed by atoms with van der Waals surface area (Å²) in [6.45, 7) is 1.26. The van der Waals surface area contributed by atoms with Crippen LogP contribution in [0.4, 0.5) is 0 Å². The van der Waals surface area contributed by atoms with Gasteiger partial charge in [-0.25, -0.2) is 4.52 Å². The molecule has 142 valence electrons. The number of benzene rings is 2. The molecule has 1 amide bonds. The van der Waals surface area contributed by atoms with Gasteiger partial charge in [0.15, 0.2) is 0 Å². The van der Waals surface area contributed by atoms with Gasteiger partial charge in [-0.15, -0.1) is 0 Å². The maximum Gasteiger partial charge on any atom is 0.277 e. The summed E-state index contributed by atoms with van der Waals surface area (Å²) in [5, 5.41) is 7.08. The maximum atomic E-state index is 13.1. The van der Waals surface area contributed by atoms with Crippen molar-refractivity contribution in [2.75, 3.05) is 20.3 Å². The zero-order valence-electron chi connectivity index (χ0n) is 15.5. The SMILES string of the molecule is COCCNC(=O)c1ccc2c(c1)n(Cc1ccccc1)c(=O)c1ccnn12. The van der Waals surface area contributed by atoms with Crippen LogP contribution in [-0.4, -0.2) is 40.3 Å². The fourth-order valence-electron chi connectivity index (χ4n) is 3.26. The van der Waals surface area contributed by atoms with Crippen molar-refractivity contribution in [3.05, 3.63) is 82.3 Å². The number of methoxy groups -OCH3 is 1. The van der Waals surface area contributed by atoms with Crippen LogP contribution in [0.1, 0.15) is 15.9 Å². The quantitative estimate of drug-likeness (QED) is 0.523. The van der Waals surface area contributed by atoms with Crippen molar-refractivity contribution in [3.8, 4) is 0 Å². The van der Waals surface area contributed by atoms with Gasteiger partial charge in [-0.05, 0) is 29.8 Å². The number of amides is 1. The van der Waals surface area contributed by atoms with Gasteiger partial charge < -0.3 is 14.6 Å². The minimum atomic E-state index is -0.210. The Kier molecular flexibility index (Phi) is 4.90. The van der Waals surface area contributed by atoms with Crippen LogP contribution < -0.4 is 10.9 Å². The number of aromatic nitrogens is 3. The number of nitrogens with zero attached hydrogens (tertiary/aromatic N) is 3. The van der Waals surface area contributed by atoms with Crippen LogP contribution in [0.3, 0.4) is 0 Å². The van der Waals surface area contributed by atoms with Crippen LogP contribution in [0.25, 0.3) is 16.6 Å². The molecule has 2 aromatic heterocycles. The number of hydrogen-bond acceptors (Lipinski definition) is 4. The summed E-state index contributed by atoms with van der Waals surface area (Å²) >= 11 is 0. The Bertz CT molecular complexity index is 1190. The van der Waals surface area contributed by atoms with Crippen molar-refractivity contribution in [2.45, 2.75) is 6.54 Å². The molecule has 4 rings (SSSR count). The minimum absolute atomic E-state index is 0.147. The first-order valence-corrected chi connectivity index (χ1v) is 9.00. The lowest BCUT2D eigenvalue weighted by Gasteiger charge is -2.13. The van der Waals surface area contributed by atoms with Crippen molar-refractivity contribution in [3.63, 3.8) is 0 Å². The number of hydrogen-bond donors (Lipinski definition) is 1. The fourth-order valence-corrected chi connectivity index (χ4v) is 3.26. The number of fused-ring (bicyclic) bond motifs is 3. The van der Waals surface area contributed by atoms with Crippen LogP contribution in [0, 0.1) is 0 Å². The number of carbonyl (C=O) groups excluding carboxylic acids is 1. The zero-order valence-corrected chi connectivity index (χ0v) is 15.5. The molecule has 0 radical (unpaired) electrons. The molecule has 0 spiro atoms. The summed E-state index contributed by atoms with van der Waals surface area (Å²) in [6.07, 6.45) is 1.61. The van der Waals surface area contributed by atoms with E-state index < -0.39 is 0 Å². The van der Waals surface area contributed by atoms with Crippen LogP contribution in [0.5, 0.6) is 0 Å². The fraction of sp³-hybridized carbons (Fsp3) is 0.190. The van der Waals surface area contributed by atoms with Gasteiger partial charge in [0.1, 0.15) is 5.52 Å². The molecule has 28 heavy (non-hydrogen) atoms. The zero-order chi connectivity index (χ0) is 19.5. The Hall–Kier alpha value is -3.45. The third-order valence-corrected chi connectivity index (χ3v) is 4.64. The molecular formula is C21H20N4O3. The average molecular weight is 376 g/mol. The summed E-state index contributed by atoms with van der Waals surface area (Å²) in [7, 11) is 1.58. The summed E-state index contributed by atoms with van der Waals surface area (Å²) < 4.78 is 8.27. The standard InChI is InChI=1S/C21H20N4O3/c1-28-12-11-22-20(26)16-7-8-17-19(13-16)24(14-15-5-3-2-4-6-15)21(27)18-9-10-23-25(17)18/h2-10,13H,11-12,14H2,1H3,(H,22,26). The van der Waals surface area contributed by atoms with Gasteiger partial charge >= 0.3 is 0 Å².